The van der Waals surface area contributed by atoms with Gasteiger partial charge in [-0.05, 0) is 43.5 Å². The SMILES string of the molecule is Cc1cccn2ncc(C(=O)N3CCCC4(CC3)CC(=O)c3ccccc3O4)c12. The normalized spacial score (nSPS) is 21.7. The zero-order valence-electron chi connectivity index (χ0n) is 16.4. The third-order valence-electron chi connectivity index (χ3n) is 6.15. The number of para-hydroxylation sites is 1. The number of benzene rings is 1. The topological polar surface area (TPSA) is 63.9 Å². The van der Waals surface area contributed by atoms with Crippen LogP contribution in [0.2, 0.25) is 0 Å². The number of carbonyl (C=O) groups is 2. The van der Waals surface area contributed by atoms with Crippen LogP contribution in [0.1, 0.15) is 52.0 Å². The summed E-state index contributed by atoms with van der Waals surface area (Å²) in [6.07, 6.45) is 6.11. The average molecular weight is 389 g/mol. The van der Waals surface area contributed by atoms with E-state index in [9.17, 15) is 9.59 Å². The summed E-state index contributed by atoms with van der Waals surface area (Å²) in [6, 6.07) is 11.4. The molecule has 5 rings (SSSR count). The summed E-state index contributed by atoms with van der Waals surface area (Å²) >= 11 is 0. The first-order valence-corrected chi connectivity index (χ1v) is 10.1. The van der Waals surface area contributed by atoms with E-state index >= 15 is 0 Å². The number of nitrogens with zero attached hydrogens (tertiary/aromatic N) is 3. The molecule has 1 amide bonds. The quantitative estimate of drug-likeness (QED) is 0.637. The molecule has 2 aliphatic heterocycles. The van der Waals surface area contributed by atoms with Gasteiger partial charge in [0.2, 0.25) is 0 Å². The molecule has 2 aliphatic rings. The van der Waals surface area contributed by atoms with Gasteiger partial charge in [-0.2, -0.15) is 5.10 Å². The lowest BCUT2D eigenvalue weighted by Crippen LogP contribution is -2.43. The third-order valence-corrected chi connectivity index (χ3v) is 6.15. The van der Waals surface area contributed by atoms with Crippen molar-refractivity contribution in [3.05, 3.63) is 65.5 Å². The molecular formula is C23H23N3O3. The fourth-order valence-corrected chi connectivity index (χ4v) is 4.64. The number of ketones is 1. The number of aryl methyl sites for hydroxylation is 1. The minimum atomic E-state index is -0.516. The maximum absolute atomic E-state index is 13.3. The van der Waals surface area contributed by atoms with Gasteiger partial charge in [0.1, 0.15) is 11.4 Å². The number of fused-ring (bicyclic) bond motifs is 2. The zero-order valence-corrected chi connectivity index (χ0v) is 16.4. The van der Waals surface area contributed by atoms with Crippen LogP contribution in [0.3, 0.4) is 0 Å². The highest BCUT2D eigenvalue weighted by molar-refractivity contribution is 6.02. The first kappa shape index (κ1) is 17.9. The summed E-state index contributed by atoms with van der Waals surface area (Å²) in [5.41, 5.74) is 2.66. The summed E-state index contributed by atoms with van der Waals surface area (Å²) < 4.78 is 8.10. The molecule has 29 heavy (non-hydrogen) atoms. The Morgan fingerprint density at radius 2 is 2.00 bits per heavy atom. The fourth-order valence-electron chi connectivity index (χ4n) is 4.64. The Labute approximate surface area is 169 Å². The molecule has 0 N–H and O–H groups in total. The van der Waals surface area contributed by atoms with Crippen LogP contribution >= 0.6 is 0 Å². The van der Waals surface area contributed by atoms with E-state index in [2.05, 4.69) is 5.10 Å². The standard InChI is InChI=1S/C23H23N3O3/c1-16-6-4-12-26-21(16)18(15-24-26)22(28)25-11-5-9-23(10-13-25)14-19(27)17-7-2-3-8-20(17)29-23/h2-4,6-8,12,15H,5,9-11,13-14H2,1H3. The van der Waals surface area contributed by atoms with Gasteiger partial charge in [-0.25, -0.2) is 4.52 Å². The minimum absolute atomic E-state index is 0.00566. The number of Topliss-reactive ketones (excluding diaryl/α,β-unsaturated/α-hetero) is 1. The van der Waals surface area contributed by atoms with Crippen LogP contribution in [-0.2, 0) is 0 Å². The highest BCUT2D eigenvalue weighted by atomic mass is 16.5. The molecule has 1 unspecified atom stereocenters. The van der Waals surface area contributed by atoms with Crippen molar-refractivity contribution >= 4 is 17.2 Å². The van der Waals surface area contributed by atoms with Crippen LogP contribution in [0.25, 0.3) is 5.52 Å². The molecule has 1 fully saturated rings. The second kappa shape index (κ2) is 6.72. The molecule has 2 aromatic heterocycles. The van der Waals surface area contributed by atoms with E-state index in [1.165, 1.54) is 0 Å². The van der Waals surface area contributed by atoms with Gasteiger partial charge in [0.15, 0.2) is 5.78 Å². The van der Waals surface area contributed by atoms with Gasteiger partial charge in [-0.15, -0.1) is 0 Å². The molecule has 0 radical (unpaired) electrons. The smallest absolute Gasteiger partial charge is 0.257 e. The molecule has 1 saturated heterocycles. The molecule has 0 bridgehead atoms. The van der Waals surface area contributed by atoms with Crippen molar-refractivity contribution in [1.82, 2.24) is 14.5 Å². The van der Waals surface area contributed by atoms with Gasteiger partial charge >= 0.3 is 0 Å². The Balaban J connectivity index is 1.39. The second-order valence-corrected chi connectivity index (χ2v) is 8.07. The largest absolute Gasteiger partial charge is 0.486 e. The maximum atomic E-state index is 13.3. The van der Waals surface area contributed by atoms with Crippen LogP contribution in [0.5, 0.6) is 5.75 Å². The fraction of sp³-hybridized carbons (Fsp3) is 0.348. The Morgan fingerprint density at radius 1 is 1.14 bits per heavy atom. The van der Waals surface area contributed by atoms with Crippen molar-refractivity contribution in [2.24, 2.45) is 0 Å². The lowest BCUT2D eigenvalue weighted by Gasteiger charge is -2.37. The molecule has 1 atom stereocenters. The van der Waals surface area contributed by atoms with E-state index in [0.29, 0.717) is 42.8 Å². The summed E-state index contributed by atoms with van der Waals surface area (Å²) in [5.74, 6) is 0.792. The minimum Gasteiger partial charge on any atom is -0.486 e. The molecule has 3 aromatic rings. The highest BCUT2D eigenvalue weighted by Crippen LogP contribution is 2.39. The summed E-state index contributed by atoms with van der Waals surface area (Å²) in [7, 11) is 0. The Morgan fingerprint density at radius 3 is 2.90 bits per heavy atom. The molecule has 0 saturated carbocycles. The van der Waals surface area contributed by atoms with E-state index < -0.39 is 5.60 Å². The van der Waals surface area contributed by atoms with Crippen molar-refractivity contribution in [3.8, 4) is 5.75 Å². The lowest BCUT2D eigenvalue weighted by molar-refractivity contribution is 0.0300. The van der Waals surface area contributed by atoms with Crippen molar-refractivity contribution in [3.63, 3.8) is 0 Å². The number of carbonyl (C=O) groups excluding carboxylic acids is 2. The van der Waals surface area contributed by atoms with E-state index in [0.717, 1.165) is 23.9 Å². The third kappa shape index (κ3) is 2.99. The molecule has 6 heteroatoms. The molecule has 4 heterocycles. The number of amides is 1. The van der Waals surface area contributed by atoms with Crippen molar-refractivity contribution < 1.29 is 14.3 Å². The molecule has 1 spiro atoms. The van der Waals surface area contributed by atoms with E-state index in [1.54, 1.807) is 10.7 Å². The summed E-state index contributed by atoms with van der Waals surface area (Å²) in [6.45, 7) is 3.21. The highest BCUT2D eigenvalue weighted by Gasteiger charge is 2.42. The zero-order chi connectivity index (χ0) is 20.0. The van der Waals surface area contributed by atoms with Crippen molar-refractivity contribution in [2.45, 2.75) is 38.2 Å². The predicted molar refractivity (Wildman–Crippen MR) is 108 cm³/mol. The molecule has 148 valence electrons. The van der Waals surface area contributed by atoms with E-state index in [4.69, 9.17) is 4.74 Å². The van der Waals surface area contributed by atoms with E-state index in [-0.39, 0.29) is 11.7 Å². The van der Waals surface area contributed by atoms with Gasteiger partial charge in [0.25, 0.3) is 5.91 Å². The number of aromatic nitrogens is 2. The summed E-state index contributed by atoms with van der Waals surface area (Å²) in [4.78, 5) is 27.8. The van der Waals surface area contributed by atoms with Crippen LogP contribution in [0.15, 0.2) is 48.8 Å². The number of ether oxygens (including phenoxy) is 1. The van der Waals surface area contributed by atoms with Crippen LogP contribution in [-0.4, -0.2) is 44.9 Å². The number of likely N-dealkylation sites (tertiary alicyclic amines) is 1. The molecule has 0 aliphatic carbocycles. The predicted octanol–water partition coefficient (Wildman–Crippen LogP) is 3.67. The monoisotopic (exact) mass is 389 g/mol. The Hall–Kier alpha value is -3.15. The van der Waals surface area contributed by atoms with E-state index in [1.807, 2.05) is 54.4 Å². The Bertz CT molecular complexity index is 1120. The number of pyridine rings is 1. The van der Waals surface area contributed by atoms with Crippen LogP contribution in [0.4, 0.5) is 0 Å². The van der Waals surface area contributed by atoms with Gasteiger partial charge < -0.3 is 9.64 Å². The van der Waals surface area contributed by atoms with Gasteiger partial charge in [0, 0.05) is 25.7 Å². The number of rotatable bonds is 1. The summed E-state index contributed by atoms with van der Waals surface area (Å²) in [5, 5.41) is 4.34. The first-order valence-electron chi connectivity index (χ1n) is 10.1. The first-order chi connectivity index (χ1) is 14.1. The molecule has 6 nitrogen and oxygen atoms in total. The van der Waals surface area contributed by atoms with Crippen molar-refractivity contribution in [1.29, 1.82) is 0 Å². The van der Waals surface area contributed by atoms with Crippen LogP contribution in [0, 0.1) is 6.92 Å². The van der Waals surface area contributed by atoms with Crippen LogP contribution < -0.4 is 4.74 Å². The molecular weight excluding hydrogens is 366 g/mol. The average Bonchev–Trinajstić information content (AvgIpc) is 3.06. The van der Waals surface area contributed by atoms with Crippen molar-refractivity contribution in [2.75, 3.05) is 13.1 Å². The molecule has 1 aromatic carbocycles. The van der Waals surface area contributed by atoms with Gasteiger partial charge in [-0.1, -0.05) is 18.2 Å². The Kier molecular flexibility index (Phi) is 4.15. The lowest BCUT2D eigenvalue weighted by atomic mass is 9.84. The number of hydrogen-bond acceptors (Lipinski definition) is 4. The van der Waals surface area contributed by atoms with Gasteiger partial charge in [0.05, 0.1) is 29.3 Å². The maximum Gasteiger partial charge on any atom is 0.257 e. The van der Waals surface area contributed by atoms with Gasteiger partial charge in [-0.3, -0.25) is 9.59 Å². The second-order valence-electron chi connectivity index (χ2n) is 8.07. The number of hydrogen-bond donors (Lipinski definition) is 0.